The minimum Gasteiger partial charge on any atom is -0.472 e. The number of carbonyl (C=O) groups is 3. The Morgan fingerprint density at radius 3 is 2.83 bits per heavy atom. The van der Waals surface area contributed by atoms with Crippen molar-refractivity contribution in [2.24, 2.45) is 0 Å². The van der Waals surface area contributed by atoms with Crippen molar-refractivity contribution >= 4 is 17.7 Å². The number of ketones is 1. The predicted molar refractivity (Wildman–Crippen MR) is 74.9 cm³/mol. The predicted octanol–water partition coefficient (Wildman–Crippen LogP) is 0.301. The number of rotatable bonds is 3. The molecule has 0 radical (unpaired) electrons. The van der Waals surface area contributed by atoms with E-state index in [-0.39, 0.29) is 24.7 Å². The van der Waals surface area contributed by atoms with Gasteiger partial charge in [0.1, 0.15) is 5.76 Å². The summed E-state index contributed by atoms with van der Waals surface area (Å²) in [4.78, 5) is 37.9. The van der Waals surface area contributed by atoms with Crippen LogP contribution in [0.5, 0.6) is 0 Å². The quantitative estimate of drug-likeness (QED) is 0.637. The molecule has 4 rings (SSSR count). The first kappa shape index (κ1) is 14.0. The molecule has 3 aliphatic heterocycles. The molecule has 0 bridgehead atoms. The number of ether oxygens (including phenoxy) is 2. The maximum absolute atomic E-state index is 12.9. The van der Waals surface area contributed by atoms with Gasteiger partial charge in [0.05, 0.1) is 18.6 Å². The van der Waals surface area contributed by atoms with Gasteiger partial charge < -0.3 is 14.6 Å². The fraction of sp³-hybridized carbons (Fsp3) is 0.312. The molecule has 1 amide bonds. The number of aliphatic hydroxyl groups excluding tert-OH is 1. The number of hydrogen-bond acceptors (Lipinski definition) is 6. The summed E-state index contributed by atoms with van der Waals surface area (Å²) < 4.78 is 10.7. The van der Waals surface area contributed by atoms with Gasteiger partial charge in [-0.05, 0) is 12.1 Å². The first-order chi connectivity index (χ1) is 11.1. The van der Waals surface area contributed by atoms with Crippen LogP contribution in [0, 0.1) is 0 Å². The summed E-state index contributed by atoms with van der Waals surface area (Å²) in [6.45, 7) is -0.311. The van der Waals surface area contributed by atoms with Crippen LogP contribution >= 0.6 is 0 Å². The van der Waals surface area contributed by atoms with E-state index in [1.54, 1.807) is 24.3 Å². The number of aliphatic hydroxyl groups is 1. The van der Waals surface area contributed by atoms with E-state index >= 15 is 0 Å². The summed E-state index contributed by atoms with van der Waals surface area (Å²) in [5.74, 6) is -0.975. The smallest absolute Gasteiger partial charge is 0.339 e. The Morgan fingerprint density at radius 1 is 1.30 bits per heavy atom. The molecular weight excluding hydrogens is 302 g/mol. The van der Waals surface area contributed by atoms with E-state index in [1.807, 2.05) is 0 Å². The van der Waals surface area contributed by atoms with E-state index in [2.05, 4.69) is 0 Å². The van der Waals surface area contributed by atoms with Crippen molar-refractivity contribution in [3.8, 4) is 0 Å². The van der Waals surface area contributed by atoms with Crippen LogP contribution in [0.2, 0.25) is 0 Å². The molecule has 2 fully saturated rings. The van der Waals surface area contributed by atoms with Gasteiger partial charge in [-0.3, -0.25) is 14.5 Å². The highest BCUT2D eigenvalue weighted by atomic mass is 16.6. The van der Waals surface area contributed by atoms with Gasteiger partial charge in [0, 0.05) is 5.56 Å². The number of β-lactam (4-membered cyclic amide) rings is 1. The molecule has 3 aliphatic rings. The zero-order valence-electron chi connectivity index (χ0n) is 12.0. The second kappa shape index (κ2) is 4.92. The van der Waals surface area contributed by atoms with Gasteiger partial charge in [0.15, 0.2) is 18.4 Å². The first-order valence-electron chi connectivity index (χ1n) is 7.24. The van der Waals surface area contributed by atoms with Crippen LogP contribution in [0.15, 0.2) is 36.1 Å². The molecule has 7 nitrogen and oxygen atoms in total. The fourth-order valence-corrected chi connectivity index (χ4v) is 3.20. The minimum atomic E-state index is -1.07. The summed E-state index contributed by atoms with van der Waals surface area (Å²) >= 11 is 0. The summed E-state index contributed by atoms with van der Waals surface area (Å²) in [5.41, 5.74) is 0.839. The molecule has 1 N–H and O–H groups in total. The highest BCUT2D eigenvalue weighted by Gasteiger charge is 2.55. The highest BCUT2D eigenvalue weighted by Crippen LogP contribution is 2.41. The maximum atomic E-state index is 12.9. The van der Waals surface area contributed by atoms with Crippen LogP contribution < -0.4 is 0 Å². The molecule has 3 atom stereocenters. The van der Waals surface area contributed by atoms with Gasteiger partial charge in [-0.1, -0.05) is 18.2 Å². The van der Waals surface area contributed by atoms with Crippen molar-refractivity contribution in [2.45, 2.75) is 24.8 Å². The number of esters is 1. The van der Waals surface area contributed by atoms with Crippen molar-refractivity contribution < 1.29 is 29.0 Å². The second-order valence-electron chi connectivity index (χ2n) is 5.54. The van der Waals surface area contributed by atoms with Gasteiger partial charge in [0.2, 0.25) is 11.7 Å². The molecule has 0 aromatic heterocycles. The largest absolute Gasteiger partial charge is 0.472 e. The molecule has 23 heavy (non-hydrogen) atoms. The summed E-state index contributed by atoms with van der Waals surface area (Å²) in [6.07, 6.45) is 0.00731. The van der Waals surface area contributed by atoms with E-state index in [9.17, 15) is 14.4 Å². The fourth-order valence-electron chi connectivity index (χ4n) is 3.20. The number of Topliss-reactive ketones (excluding diaryl/α,β-unsaturated/α-hetero) is 1. The lowest BCUT2D eigenvalue weighted by atomic mass is 9.95. The van der Waals surface area contributed by atoms with Crippen LogP contribution in [0.1, 0.15) is 28.4 Å². The molecule has 2 saturated heterocycles. The van der Waals surface area contributed by atoms with E-state index in [0.717, 1.165) is 0 Å². The van der Waals surface area contributed by atoms with Crippen molar-refractivity contribution in [3.05, 3.63) is 47.2 Å². The third-order valence-electron chi connectivity index (χ3n) is 4.28. The second-order valence-corrected chi connectivity index (χ2v) is 5.54. The Balaban J connectivity index is 1.70. The van der Waals surface area contributed by atoms with Gasteiger partial charge in [-0.2, -0.15) is 0 Å². The number of hydrogen-bond donors (Lipinski definition) is 1. The number of carbonyl (C=O) groups excluding carboxylic acids is 3. The summed E-state index contributed by atoms with van der Waals surface area (Å²) in [7, 11) is 0. The van der Waals surface area contributed by atoms with Crippen molar-refractivity contribution in [1.29, 1.82) is 0 Å². The van der Waals surface area contributed by atoms with Crippen LogP contribution in [-0.2, 0) is 19.1 Å². The average molecular weight is 315 g/mol. The third kappa shape index (κ3) is 1.90. The molecule has 0 saturated carbocycles. The lowest BCUT2D eigenvalue weighted by molar-refractivity contribution is -0.160. The Labute approximate surface area is 131 Å². The number of fused-ring (bicyclic) bond motifs is 2. The monoisotopic (exact) mass is 315 g/mol. The standard InChI is InChI=1S/C16H13NO6/c18-6-5-10-13(17-11(19)7-12(17)22-10)14(20)15-8-3-1-2-4-9(8)16(21)23-15/h1-5,12-13,15,18H,6-7H2/b10-5-/t12?,13?,15-/m0/s1. The van der Waals surface area contributed by atoms with Crippen molar-refractivity contribution in [2.75, 3.05) is 6.61 Å². The van der Waals surface area contributed by atoms with Crippen LogP contribution in [0.3, 0.4) is 0 Å². The average Bonchev–Trinajstić information content (AvgIpc) is 3.03. The minimum absolute atomic E-state index is 0.202. The van der Waals surface area contributed by atoms with Gasteiger partial charge in [-0.25, -0.2) is 4.79 Å². The molecule has 0 spiro atoms. The van der Waals surface area contributed by atoms with E-state index in [1.165, 1.54) is 11.0 Å². The van der Waals surface area contributed by atoms with Gasteiger partial charge in [-0.15, -0.1) is 0 Å². The molecule has 1 aromatic rings. The highest BCUT2D eigenvalue weighted by molar-refractivity contribution is 6.04. The van der Waals surface area contributed by atoms with Gasteiger partial charge >= 0.3 is 5.97 Å². The first-order valence-corrected chi connectivity index (χ1v) is 7.24. The third-order valence-corrected chi connectivity index (χ3v) is 4.28. The topological polar surface area (TPSA) is 93.1 Å². The van der Waals surface area contributed by atoms with Crippen molar-refractivity contribution in [3.63, 3.8) is 0 Å². The number of nitrogens with zero attached hydrogens (tertiary/aromatic N) is 1. The molecule has 7 heteroatoms. The Bertz CT molecular complexity index is 755. The molecular formula is C16H13NO6. The summed E-state index contributed by atoms with van der Waals surface area (Å²) in [6, 6.07) is 5.70. The number of amides is 1. The number of benzene rings is 1. The Hall–Kier alpha value is -2.67. The van der Waals surface area contributed by atoms with E-state index in [0.29, 0.717) is 11.1 Å². The maximum Gasteiger partial charge on any atom is 0.339 e. The zero-order valence-corrected chi connectivity index (χ0v) is 12.0. The van der Waals surface area contributed by atoms with Crippen LogP contribution in [-0.4, -0.2) is 46.5 Å². The molecule has 1 aromatic carbocycles. The Kier molecular flexibility index (Phi) is 2.99. The Morgan fingerprint density at radius 2 is 2.09 bits per heavy atom. The SMILES string of the molecule is O=C1O[C@H](C(=O)C2/C(=C/CO)OC3CC(=O)N32)c2ccccc21. The van der Waals surface area contributed by atoms with Gasteiger partial charge in [0.25, 0.3) is 0 Å². The van der Waals surface area contributed by atoms with E-state index < -0.39 is 30.1 Å². The van der Waals surface area contributed by atoms with Crippen molar-refractivity contribution in [1.82, 2.24) is 4.90 Å². The lowest BCUT2D eigenvalue weighted by Gasteiger charge is -2.34. The molecule has 3 heterocycles. The lowest BCUT2D eigenvalue weighted by Crippen LogP contribution is -2.55. The summed E-state index contributed by atoms with van der Waals surface area (Å²) in [5, 5.41) is 9.09. The normalized spacial score (nSPS) is 29.7. The number of cyclic esters (lactones) is 1. The molecule has 0 aliphatic carbocycles. The van der Waals surface area contributed by atoms with E-state index in [4.69, 9.17) is 14.6 Å². The zero-order chi connectivity index (χ0) is 16.1. The van der Waals surface area contributed by atoms with Crippen LogP contribution in [0.4, 0.5) is 0 Å². The van der Waals surface area contributed by atoms with Crippen LogP contribution in [0.25, 0.3) is 0 Å². The molecule has 118 valence electrons. The molecule has 2 unspecified atom stereocenters.